The van der Waals surface area contributed by atoms with E-state index in [0.29, 0.717) is 0 Å². The van der Waals surface area contributed by atoms with E-state index in [9.17, 15) is 0 Å². The molecule has 108 valence electrons. The van der Waals surface area contributed by atoms with E-state index in [1.165, 1.54) is 11.1 Å². The van der Waals surface area contributed by atoms with Crippen LogP contribution in [0.3, 0.4) is 0 Å². The predicted molar refractivity (Wildman–Crippen MR) is 79.4 cm³/mol. The lowest BCUT2D eigenvalue weighted by Crippen LogP contribution is -2.34. The highest BCUT2D eigenvalue weighted by Gasteiger charge is 2.22. The van der Waals surface area contributed by atoms with Gasteiger partial charge in [-0.2, -0.15) is 0 Å². The summed E-state index contributed by atoms with van der Waals surface area (Å²) in [5.74, 6) is 0. The normalized spacial score (nSPS) is 13.8. The third kappa shape index (κ3) is 4.30. The summed E-state index contributed by atoms with van der Waals surface area (Å²) in [5, 5.41) is 3.41. The van der Waals surface area contributed by atoms with Crippen LogP contribution in [0.25, 0.3) is 0 Å². The molecule has 3 heteroatoms. The molecule has 0 amide bonds. The van der Waals surface area contributed by atoms with Gasteiger partial charge in [0.05, 0.1) is 6.04 Å². The largest absolute Gasteiger partial charge is 0.354 e. The molecule has 1 unspecified atom stereocenters. The Labute approximate surface area is 117 Å². The first-order valence-corrected chi connectivity index (χ1v) is 6.83. The van der Waals surface area contributed by atoms with Gasteiger partial charge in [-0.25, -0.2) is 0 Å². The molecule has 0 aliphatic heterocycles. The molecule has 1 N–H and O–H groups in total. The van der Waals surface area contributed by atoms with E-state index in [2.05, 4.69) is 57.3 Å². The summed E-state index contributed by atoms with van der Waals surface area (Å²) in [6, 6.07) is 8.72. The first kappa shape index (κ1) is 16.2. The van der Waals surface area contributed by atoms with E-state index < -0.39 is 0 Å². The van der Waals surface area contributed by atoms with Crippen molar-refractivity contribution in [2.24, 2.45) is 0 Å². The minimum Gasteiger partial charge on any atom is -0.354 e. The highest BCUT2D eigenvalue weighted by atomic mass is 16.7. The minimum atomic E-state index is -0.277. The number of hydrogen-bond donors (Lipinski definition) is 1. The van der Waals surface area contributed by atoms with E-state index in [0.717, 1.165) is 6.54 Å². The highest BCUT2D eigenvalue weighted by molar-refractivity contribution is 5.29. The maximum Gasteiger partial charge on any atom is 0.176 e. The Hall–Kier alpha value is -0.900. The maximum atomic E-state index is 5.38. The van der Waals surface area contributed by atoms with E-state index in [1.807, 2.05) is 0 Å². The molecule has 0 spiro atoms. The van der Waals surface area contributed by atoms with E-state index in [1.54, 1.807) is 14.2 Å². The lowest BCUT2D eigenvalue weighted by molar-refractivity contribution is -0.123. The smallest absolute Gasteiger partial charge is 0.176 e. The van der Waals surface area contributed by atoms with Gasteiger partial charge in [-0.1, -0.05) is 52.0 Å². The quantitative estimate of drug-likeness (QED) is 0.801. The van der Waals surface area contributed by atoms with Gasteiger partial charge in [-0.05, 0) is 23.1 Å². The van der Waals surface area contributed by atoms with Crippen molar-refractivity contribution in [2.75, 3.05) is 20.8 Å². The molecule has 0 radical (unpaired) electrons. The molecule has 0 saturated carbocycles. The molecule has 19 heavy (non-hydrogen) atoms. The number of likely N-dealkylation sites (N-methyl/N-ethyl adjacent to an activating group) is 1. The second kappa shape index (κ2) is 7.04. The van der Waals surface area contributed by atoms with Crippen LogP contribution in [-0.4, -0.2) is 27.1 Å². The molecule has 0 fully saturated rings. The van der Waals surface area contributed by atoms with Gasteiger partial charge in [0.15, 0.2) is 6.29 Å². The predicted octanol–water partition coefficient (Wildman–Crippen LogP) is 3.25. The molecular formula is C16H27NO2. The SMILES string of the molecule is CCNC(c1ccc(C(C)(C)C)cc1)C(OC)OC. The van der Waals surface area contributed by atoms with Crippen molar-refractivity contribution in [1.82, 2.24) is 5.32 Å². The van der Waals surface area contributed by atoms with Crippen LogP contribution in [0.1, 0.15) is 44.9 Å². The monoisotopic (exact) mass is 265 g/mol. The van der Waals surface area contributed by atoms with Gasteiger partial charge < -0.3 is 14.8 Å². The van der Waals surface area contributed by atoms with Crippen molar-refractivity contribution < 1.29 is 9.47 Å². The molecule has 1 aromatic carbocycles. The summed E-state index contributed by atoms with van der Waals surface area (Å²) in [5.41, 5.74) is 2.69. The van der Waals surface area contributed by atoms with Crippen LogP contribution in [0.5, 0.6) is 0 Å². The van der Waals surface area contributed by atoms with Crippen LogP contribution in [0.4, 0.5) is 0 Å². The van der Waals surface area contributed by atoms with Crippen LogP contribution in [0, 0.1) is 0 Å². The first-order chi connectivity index (χ1) is 8.93. The summed E-state index contributed by atoms with van der Waals surface area (Å²) in [6.07, 6.45) is -0.277. The number of methoxy groups -OCH3 is 2. The van der Waals surface area contributed by atoms with Crippen LogP contribution >= 0.6 is 0 Å². The van der Waals surface area contributed by atoms with Gasteiger partial charge in [0, 0.05) is 14.2 Å². The van der Waals surface area contributed by atoms with Gasteiger partial charge in [-0.15, -0.1) is 0 Å². The maximum absolute atomic E-state index is 5.38. The van der Waals surface area contributed by atoms with Gasteiger partial charge in [0.25, 0.3) is 0 Å². The molecule has 0 heterocycles. The Kier molecular flexibility index (Phi) is 5.98. The van der Waals surface area contributed by atoms with Gasteiger partial charge in [0.2, 0.25) is 0 Å². The topological polar surface area (TPSA) is 30.5 Å². The number of benzene rings is 1. The Morgan fingerprint density at radius 2 is 1.58 bits per heavy atom. The van der Waals surface area contributed by atoms with Gasteiger partial charge in [-0.3, -0.25) is 0 Å². The van der Waals surface area contributed by atoms with Crippen molar-refractivity contribution in [3.8, 4) is 0 Å². The summed E-state index contributed by atoms with van der Waals surface area (Å²) < 4.78 is 10.8. The molecule has 0 saturated heterocycles. The van der Waals surface area contributed by atoms with Gasteiger partial charge in [0.1, 0.15) is 0 Å². The Morgan fingerprint density at radius 3 is 1.95 bits per heavy atom. The molecular weight excluding hydrogens is 238 g/mol. The number of nitrogens with one attached hydrogen (secondary N) is 1. The second-order valence-electron chi connectivity index (χ2n) is 5.75. The summed E-state index contributed by atoms with van der Waals surface area (Å²) >= 11 is 0. The number of hydrogen-bond acceptors (Lipinski definition) is 3. The third-order valence-corrected chi connectivity index (χ3v) is 3.30. The minimum absolute atomic E-state index is 0.0500. The zero-order valence-electron chi connectivity index (χ0n) is 13.0. The van der Waals surface area contributed by atoms with Crippen molar-refractivity contribution >= 4 is 0 Å². The zero-order chi connectivity index (χ0) is 14.5. The fourth-order valence-corrected chi connectivity index (χ4v) is 2.15. The van der Waals surface area contributed by atoms with Gasteiger partial charge >= 0.3 is 0 Å². The van der Waals surface area contributed by atoms with Crippen LogP contribution in [0.15, 0.2) is 24.3 Å². The lowest BCUT2D eigenvalue weighted by Gasteiger charge is -2.27. The van der Waals surface area contributed by atoms with E-state index in [-0.39, 0.29) is 17.7 Å². The lowest BCUT2D eigenvalue weighted by atomic mass is 9.86. The van der Waals surface area contributed by atoms with Crippen LogP contribution in [-0.2, 0) is 14.9 Å². The molecule has 1 rings (SSSR count). The Balaban J connectivity index is 2.97. The summed E-state index contributed by atoms with van der Waals surface area (Å²) in [7, 11) is 3.34. The molecule has 1 atom stereocenters. The fourth-order valence-electron chi connectivity index (χ4n) is 2.15. The average molecular weight is 265 g/mol. The van der Waals surface area contributed by atoms with Crippen molar-refractivity contribution in [3.63, 3.8) is 0 Å². The number of ether oxygens (including phenoxy) is 2. The van der Waals surface area contributed by atoms with Crippen molar-refractivity contribution in [1.29, 1.82) is 0 Å². The first-order valence-electron chi connectivity index (χ1n) is 6.83. The molecule has 0 aromatic heterocycles. The third-order valence-electron chi connectivity index (χ3n) is 3.30. The standard InChI is InChI=1S/C16H27NO2/c1-7-17-14(15(18-5)19-6)12-8-10-13(11-9-12)16(2,3)4/h8-11,14-15,17H,7H2,1-6H3. The van der Waals surface area contributed by atoms with E-state index >= 15 is 0 Å². The Morgan fingerprint density at radius 1 is 1.05 bits per heavy atom. The molecule has 0 aliphatic carbocycles. The zero-order valence-corrected chi connectivity index (χ0v) is 13.0. The molecule has 1 aromatic rings. The van der Waals surface area contributed by atoms with Crippen molar-refractivity contribution in [3.05, 3.63) is 35.4 Å². The summed E-state index contributed by atoms with van der Waals surface area (Å²) in [4.78, 5) is 0. The van der Waals surface area contributed by atoms with Crippen LogP contribution < -0.4 is 5.32 Å². The fraction of sp³-hybridized carbons (Fsp3) is 0.625. The highest BCUT2D eigenvalue weighted by Crippen LogP contribution is 2.25. The van der Waals surface area contributed by atoms with Crippen LogP contribution in [0.2, 0.25) is 0 Å². The summed E-state index contributed by atoms with van der Waals surface area (Å²) in [6.45, 7) is 9.61. The second-order valence-corrected chi connectivity index (χ2v) is 5.75. The van der Waals surface area contributed by atoms with Crippen molar-refractivity contribution in [2.45, 2.75) is 45.4 Å². The molecule has 0 aliphatic rings. The molecule has 0 bridgehead atoms. The van der Waals surface area contributed by atoms with E-state index in [4.69, 9.17) is 9.47 Å². The average Bonchev–Trinajstić information content (AvgIpc) is 2.38. The Bertz CT molecular complexity index is 363. The molecule has 3 nitrogen and oxygen atoms in total. The number of rotatable bonds is 6.